The van der Waals surface area contributed by atoms with Crippen LogP contribution in [0.5, 0.6) is 0 Å². The average molecular weight is 365 g/mol. The summed E-state index contributed by atoms with van der Waals surface area (Å²) in [5, 5.41) is 7.67. The third-order valence-corrected chi connectivity index (χ3v) is 4.23. The average Bonchev–Trinajstić information content (AvgIpc) is 3.11. The van der Waals surface area contributed by atoms with Crippen LogP contribution in [0, 0.1) is 6.92 Å². The number of nitrogens with one attached hydrogen (secondary N) is 1. The van der Waals surface area contributed by atoms with Gasteiger partial charge in [0.1, 0.15) is 0 Å². The van der Waals surface area contributed by atoms with Gasteiger partial charge in [0.05, 0.1) is 25.5 Å². The van der Waals surface area contributed by atoms with Gasteiger partial charge in [0, 0.05) is 31.7 Å². The van der Waals surface area contributed by atoms with E-state index in [9.17, 15) is 4.79 Å². The van der Waals surface area contributed by atoms with Gasteiger partial charge in [-0.15, -0.1) is 24.8 Å². The normalized spacial score (nSPS) is 24.0. The topological polar surface area (TPSA) is 59.4 Å². The molecule has 2 atom stereocenters. The van der Waals surface area contributed by atoms with Gasteiger partial charge < -0.3 is 15.0 Å². The Morgan fingerprint density at radius 1 is 1.48 bits per heavy atom. The van der Waals surface area contributed by atoms with E-state index in [1.807, 2.05) is 28.9 Å². The summed E-state index contributed by atoms with van der Waals surface area (Å²) in [4.78, 5) is 14.3. The summed E-state index contributed by atoms with van der Waals surface area (Å²) < 4.78 is 7.67. The highest BCUT2D eigenvalue weighted by Crippen LogP contribution is 2.14. The largest absolute Gasteiger partial charge is 0.373 e. The maximum atomic E-state index is 12.4. The summed E-state index contributed by atoms with van der Waals surface area (Å²) in [6.45, 7) is 5.77. The molecule has 8 heteroatoms. The fourth-order valence-electron chi connectivity index (χ4n) is 3.10. The third-order valence-electron chi connectivity index (χ3n) is 4.23. The van der Waals surface area contributed by atoms with Crippen LogP contribution >= 0.6 is 24.8 Å². The lowest BCUT2D eigenvalue weighted by Gasteiger charge is -2.33. The number of aromatic nitrogens is 2. The number of ether oxygens (including phenoxy) is 1. The highest BCUT2D eigenvalue weighted by Gasteiger charge is 2.27. The van der Waals surface area contributed by atoms with Crippen LogP contribution in [0.1, 0.15) is 24.8 Å². The molecule has 6 nitrogen and oxygen atoms in total. The lowest BCUT2D eigenvalue weighted by atomic mass is 10.1. The minimum Gasteiger partial charge on any atom is -0.373 e. The van der Waals surface area contributed by atoms with Crippen molar-refractivity contribution >= 4 is 30.7 Å². The molecule has 0 aromatic carbocycles. The second-order valence-corrected chi connectivity index (χ2v) is 6.07. The van der Waals surface area contributed by atoms with Crippen LogP contribution in [0.4, 0.5) is 0 Å². The molecule has 2 saturated heterocycles. The number of halogens is 2. The molecule has 0 spiro atoms. The minimum atomic E-state index is 0. The van der Waals surface area contributed by atoms with E-state index in [-0.39, 0.29) is 36.8 Å². The molecular weight excluding hydrogens is 339 g/mol. The smallest absolute Gasteiger partial charge is 0.224 e. The Labute approximate surface area is 149 Å². The summed E-state index contributed by atoms with van der Waals surface area (Å²) in [5.41, 5.74) is 1.14. The lowest BCUT2D eigenvalue weighted by Crippen LogP contribution is -2.48. The number of hydrogen-bond acceptors (Lipinski definition) is 4. The highest BCUT2D eigenvalue weighted by atomic mass is 35.5. The van der Waals surface area contributed by atoms with Gasteiger partial charge in [-0.1, -0.05) is 0 Å². The molecule has 3 heterocycles. The third kappa shape index (κ3) is 5.64. The number of morpholine rings is 1. The zero-order valence-electron chi connectivity index (χ0n) is 13.4. The Hall–Kier alpha value is -0.820. The molecule has 23 heavy (non-hydrogen) atoms. The van der Waals surface area contributed by atoms with Crippen LogP contribution in [-0.2, 0) is 16.1 Å². The molecule has 0 aliphatic carbocycles. The first kappa shape index (κ1) is 20.2. The fourth-order valence-corrected chi connectivity index (χ4v) is 3.10. The van der Waals surface area contributed by atoms with Gasteiger partial charge in [0.25, 0.3) is 0 Å². The number of aryl methyl sites for hydroxylation is 1. The molecule has 0 bridgehead atoms. The first-order valence-electron chi connectivity index (χ1n) is 7.82. The first-order valence-corrected chi connectivity index (χ1v) is 7.82. The first-order chi connectivity index (χ1) is 10.2. The number of nitrogens with zero attached hydrogens (tertiary/aromatic N) is 3. The van der Waals surface area contributed by atoms with Crippen molar-refractivity contribution in [1.29, 1.82) is 0 Å². The molecule has 1 amide bonds. The van der Waals surface area contributed by atoms with E-state index >= 15 is 0 Å². The van der Waals surface area contributed by atoms with Crippen molar-refractivity contribution < 1.29 is 9.53 Å². The van der Waals surface area contributed by atoms with E-state index in [2.05, 4.69) is 10.4 Å². The number of hydrogen-bond donors (Lipinski definition) is 1. The SMILES string of the molecule is Cc1cnn(CC2CN(C(=O)CC3CCCN3)CCO2)c1.Cl.Cl. The van der Waals surface area contributed by atoms with E-state index in [0.717, 1.165) is 18.5 Å². The highest BCUT2D eigenvalue weighted by molar-refractivity contribution is 5.85. The number of amides is 1. The molecule has 1 N–H and O–H groups in total. The number of carbonyl (C=O) groups is 1. The predicted octanol–water partition coefficient (Wildman–Crippen LogP) is 1.40. The summed E-state index contributed by atoms with van der Waals surface area (Å²) in [7, 11) is 0. The van der Waals surface area contributed by atoms with Crippen molar-refractivity contribution in [1.82, 2.24) is 20.0 Å². The Bertz CT molecular complexity index is 492. The van der Waals surface area contributed by atoms with Crippen molar-refractivity contribution in [2.75, 3.05) is 26.2 Å². The molecule has 1 aromatic rings. The van der Waals surface area contributed by atoms with Crippen LogP contribution in [-0.4, -0.2) is 59.0 Å². The Morgan fingerprint density at radius 3 is 2.96 bits per heavy atom. The van der Waals surface area contributed by atoms with Gasteiger partial charge in [0.15, 0.2) is 0 Å². The van der Waals surface area contributed by atoms with Crippen LogP contribution in [0.15, 0.2) is 12.4 Å². The van der Waals surface area contributed by atoms with Crippen LogP contribution in [0.3, 0.4) is 0 Å². The van der Waals surface area contributed by atoms with E-state index in [4.69, 9.17) is 4.74 Å². The standard InChI is InChI=1S/C15H24N4O2.2ClH/c1-12-8-17-19(9-12)11-14-10-18(5-6-21-14)15(20)7-13-3-2-4-16-13;;/h8-9,13-14,16H,2-7,10-11H2,1H3;2*1H. The van der Waals surface area contributed by atoms with Crippen molar-refractivity contribution in [3.05, 3.63) is 18.0 Å². The molecule has 3 rings (SSSR count). The van der Waals surface area contributed by atoms with Crippen molar-refractivity contribution in [3.63, 3.8) is 0 Å². The quantitative estimate of drug-likeness (QED) is 0.877. The lowest BCUT2D eigenvalue weighted by molar-refractivity contribution is -0.139. The zero-order valence-corrected chi connectivity index (χ0v) is 15.1. The molecular formula is C15H26Cl2N4O2. The second kappa shape index (κ2) is 9.47. The van der Waals surface area contributed by atoms with Crippen LogP contribution < -0.4 is 5.32 Å². The summed E-state index contributed by atoms with van der Waals surface area (Å²) >= 11 is 0. The maximum Gasteiger partial charge on any atom is 0.224 e. The second-order valence-electron chi connectivity index (χ2n) is 6.07. The fraction of sp³-hybridized carbons (Fsp3) is 0.733. The molecule has 2 unspecified atom stereocenters. The monoisotopic (exact) mass is 364 g/mol. The van der Waals surface area contributed by atoms with E-state index in [0.29, 0.717) is 38.7 Å². The van der Waals surface area contributed by atoms with Gasteiger partial charge >= 0.3 is 0 Å². The Morgan fingerprint density at radius 2 is 2.30 bits per heavy atom. The minimum absolute atomic E-state index is 0. The zero-order chi connectivity index (χ0) is 14.7. The number of rotatable bonds is 4. The summed E-state index contributed by atoms with van der Waals surface area (Å²) in [5.74, 6) is 0.249. The van der Waals surface area contributed by atoms with E-state index in [1.54, 1.807) is 0 Å². The molecule has 2 aliphatic heterocycles. The molecule has 0 radical (unpaired) electrons. The van der Waals surface area contributed by atoms with Gasteiger partial charge in [-0.25, -0.2) is 0 Å². The van der Waals surface area contributed by atoms with Crippen molar-refractivity contribution in [3.8, 4) is 0 Å². The predicted molar refractivity (Wildman–Crippen MR) is 93.4 cm³/mol. The Balaban J connectivity index is 0.00000132. The van der Waals surface area contributed by atoms with E-state index < -0.39 is 0 Å². The molecule has 2 fully saturated rings. The molecule has 0 saturated carbocycles. The molecule has 132 valence electrons. The molecule has 1 aromatic heterocycles. The van der Waals surface area contributed by atoms with Crippen molar-refractivity contribution in [2.24, 2.45) is 0 Å². The summed E-state index contributed by atoms with van der Waals surface area (Å²) in [6.07, 6.45) is 6.81. The van der Waals surface area contributed by atoms with Crippen LogP contribution in [0.2, 0.25) is 0 Å². The van der Waals surface area contributed by atoms with Gasteiger partial charge in [-0.05, 0) is 31.9 Å². The number of carbonyl (C=O) groups excluding carboxylic acids is 1. The van der Waals surface area contributed by atoms with Crippen LogP contribution in [0.25, 0.3) is 0 Å². The summed E-state index contributed by atoms with van der Waals surface area (Å²) in [6, 6.07) is 0.368. The van der Waals surface area contributed by atoms with E-state index in [1.165, 1.54) is 6.42 Å². The van der Waals surface area contributed by atoms with Gasteiger partial charge in [0.2, 0.25) is 5.91 Å². The molecule has 2 aliphatic rings. The van der Waals surface area contributed by atoms with Crippen molar-refractivity contribution in [2.45, 2.75) is 44.9 Å². The van der Waals surface area contributed by atoms with Gasteiger partial charge in [-0.2, -0.15) is 5.10 Å². The van der Waals surface area contributed by atoms with Gasteiger partial charge in [-0.3, -0.25) is 9.48 Å². The maximum absolute atomic E-state index is 12.4. The Kier molecular flexibility index (Phi) is 8.33.